The van der Waals surface area contributed by atoms with E-state index >= 15 is 0 Å². The zero-order valence-corrected chi connectivity index (χ0v) is 8.98. The van der Waals surface area contributed by atoms with Crippen LogP contribution in [0, 0.1) is 0 Å². The van der Waals surface area contributed by atoms with Crippen LogP contribution in [-0.2, 0) is 4.74 Å². The quantitative estimate of drug-likeness (QED) is 0.754. The van der Waals surface area contributed by atoms with E-state index in [4.69, 9.17) is 27.9 Å². The molecule has 0 aliphatic carbocycles. The number of rotatable bonds is 1. The van der Waals surface area contributed by atoms with Crippen molar-refractivity contribution >= 4 is 23.2 Å². The van der Waals surface area contributed by atoms with Crippen LogP contribution in [0.5, 0.6) is 0 Å². The Hall–Kier alpha value is -0.350. The van der Waals surface area contributed by atoms with Gasteiger partial charge in [0.25, 0.3) is 0 Å². The van der Waals surface area contributed by atoms with Crippen molar-refractivity contribution in [1.29, 1.82) is 0 Å². The van der Waals surface area contributed by atoms with Gasteiger partial charge in [-0.1, -0.05) is 23.2 Å². The lowest BCUT2D eigenvalue weighted by Crippen LogP contribution is -2.34. The molecule has 1 N–H and O–H groups in total. The van der Waals surface area contributed by atoms with E-state index in [-0.39, 0.29) is 6.04 Å². The Bertz CT molecular complexity index is 327. The maximum absolute atomic E-state index is 5.96. The van der Waals surface area contributed by atoms with Gasteiger partial charge >= 0.3 is 0 Å². The number of nitrogens with one attached hydrogen (secondary N) is 1. The van der Waals surface area contributed by atoms with Gasteiger partial charge in [0, 0.05) is 18.3 Å². The summed E-state index contributed by atoms with van der Waals surface area (Å²) in [6, 6.07) is 1.92. The highest BCUT2D eigenvalue weighted by molar-refractivity contribution is 6.32. The first kappa shape index (κ1) is 10.2. The number of pyridine rings is 1. The molecule has 1 aliphatic heterocycles. The van der Waals surface area contributed by atoms with Gasteiger partial charge in [-0.15, -0.1) is 0 Å². The Balaban J connectivity index is 2.24. The van der Waals surface area contributed by atoms with Gasteiger partial charge in [0.05, 0.1) is 24.3 Å². The molecule has 5 heteroatoms. The molecule has 0 radical (unpaired) electrons. The highest BCUT2D eigenvalue weighted by atomic mass is 35.5. The third-order valence-corrected chi connectivity index (χ3v) is 2.65. The van der Waals surface area contributed by atoms with Crippen LogP contribution >= 0.6 is 23.2 Å². The van der Waals surface area contributed by atoms with Crippen LogP contribution in [0.3, 0.4) is 0 Å². The van der Waals surface area contributed by atoms with E-state index < -0.39 is 0 Å². The Morgan fingerprint density at radius 3 is 3.07 bits per heavy atom. The fourth-order valence-corrected chi connectivity index (χ4v) is 1.85. The normalized spacial score (nSPS) is 22.3. The number of morpholine rings is 1. The molecule has 14 heavy (non-hydrogen) atoms. The topological polar surface area (TPSA) is 34.1 Å². The standard InChI is InChI=1S/C9H10Cl2N2O/c10-6-3-7(9(11)13-4-6)8-5-14-2-1-12-8/h3-4,8,12H,1-2,5H2/t8-/m1/s1. The van der Waals surface area contributed by atoms with Gasteiger partial charge in [0.1, 0.15) is 5.15 Å². The molecule has 3 nitrogen and oxygen atoms in total. The van der Waals surface area contributed by atoms with Gasteiger partial charge in [-0.2, -0.15) is 0 Å². The van der Waals surface area contributed by atoms with E-state index in [9.17, 15) is 0 Å². The van der Waals surface area contributed by atoms with Gasteiger partial charge in [-0.05, 0) is 6.07 Å². The summed E-state index contributed by atoms with van der Waals surface area (Å²) < 4.78 is 5.34. The van der Waals surface area contributed by atoms with Crippen molar-refractivity contribution in [1.82, 2.24) is 10.3 Å². The minimum atomic E-state index is 0.0995. The summed E-state index contributed by atoms with van der Waals surface area (Å²) in [5.74, 6) is 0. The van der Waals surface area contributed by atoms with Crippen molar-refractivity contribution in [2.45, 2.75) is 6.04 Å². The predicted octanol–water partition coefficient (Wildman–Crippen LogP) is 2.05. The van der Waals surface area contributed by atoms with Crippen molar-refractivity contribution in [2.75, 3.05) is 19.8 Å². The average molecular weight is 233 g/mol. The molecule has 1 atom stereocenters. The number of nitrogens with zero attached hydrogens (tertiary/aromatic N) is 1. The molecule has 1 fully saturated rings. The van der Waals surface area contributed by atoms with Gasteiger partial charge in [0.2, 0.25) is 0 Å². The third-order valence-electron chi connectivity index (χ3n) is 2.13. The molecule has 1 aromatic heterocycles. The lowest BCUT2D eigenvalue weighted by Gasteiger charge is -2.24. The summed E-state index contributed by atoms with van der Waals surface area (Å²) in [5, 5.41) is 4.37. The summed E-state index contributed by atoms with van der Waals surface area (Å²) in [4.78, 5) is 3.99. The first-order valence-electron chi connectivity index (χ1n) is 4.39. The van der Waals surface area contributed by atoms with E-state index in [0.717, 1.165) is 18.7 Å². The van der Waals surface area contributed by atoms with E-state index in [1.165, 1.54) is 6.20 Å². The molecular formula is C9H10Cl2N2O. The summed E-state index contributed by atoms with van der Waals surface area (Å²) in [6.07, 6.45) is 1.54. The molecule has 0 bridgehead atoms. The van der Waals surface area contributed by atoms with E-state index in [1.807, 2.05) is 6.07 Å². The molecule has 0 unspecified atom stereocenters. The lowest BCUT2D eigenvalue weighted by molar-refractivity contribution is 0.0768. The smallest absolute Gasteiger partial charge is 0.133 e. The Labute approximate surface area is 92.4 Å². The Morgan fingerprint density at radius 1 is 1.50 bits per heavy atom. The molecule has 1 aromatic rings. The van der Waals surface area contributed by atoms with Gasteiger partial charge < -0.3 is 10.1 Å². The van der Waals surface area contributed by atoms with Crippen LogP contribution in [-0.4, -0.2) is 24.7 Å². The molecule has 0 saturated carbocycles. The second kappa shape index (κ2) is 4.45. The van der Waals surface area contributed by atoms with Gasteiger partial charge in [0.15, 0.2) is 0 Å². The van der Waals surface area contributed by atoms with Gasteiger partial charge in [-0.3, -0.25) is 0 Å². The fourth-order valence-electron chi connectivity index (χ4n) is 1.45. The number of aromatic nitrogens is 1. The molecule has 0 aromatic carbocycles. The van der Waals surface area contributed by atoms with Crippen LogP contribution in [0.4, 0.5) is 0 Å². The van der Waals surface area contributed by atoms with E-state index in [1.54, 1.807) is 0 Å². The van der Waals surface area contributed by atoms with Crippen LogP contribution in [0.2, 0.25) is 10.2 Å². The summed E-state index contributed by atoms with van der Waals surface area (Å²) in [5.41, 5.74) is 0.902. The molecular weight excluding hydrogens is 223 g/mol. The summed E-state index contributed by atoms with van der Waals surface area (Å²) in [6.45, 7) is 2.18. The Kier molecular flexibility index (Phi) is 3.23. The molecule has 2 heterocycles. The zero-order chi connectivity index (χ0) is 9.97. The van der Waals surface area contributed by atoms with E-state index in [0.29, 0.717) is 16.8 Å². The minimum absolute atomic E-state index is 0.0995. The first-order valence-corrected chi connectivity index (χ1v) is 5.15. The molecule has 0 spiro atoms. The lowest BCUT2D eigenvalue weighted by atomic mass is 10.1. The summed E-state index contributed by atoms with van der Waals surface area (Å²) in [7, 11) is 0. The third kappa shape index (κ3) is 2.17. The van der Waals surface area contributed by atoms with Crippen molar-refractivity contribution in [3.05, 3.63) is 28.0 Å². The van der Waals surface area contributed by atoms with Gasteiger partial charge in [-0.25, -0.2) is 4.98 Å². The maximum atomic E-state index is 5.96. The fraction of sp³-hybridized carbons (Fsp3) is 0.444. The highest BCUT2D eigenvalue weighted by Gasteiger charge is 2.18. The largest absolute Gasteiger partial charge is 0.378 e. The van der Waals surface area contributed by atoms with Crippen LogP contribution in [0.15, 0.2) is 12.3 Å². The number of hydrogen-bond acceptors (Lipinski definition) is 3. The molecule has 1 aliphatic rings. The van der Waals surface area contributed by atoms with Crippen LogP contribution in [0.25, 0.3) is 0 Å². The average Bonchev–Trinajstić information content (AvgIpc) is 2.23. The van der Waals surface area contributed by atoms with Crippen LogP contribution in [0.1, 0.15) is 11.6 Å². The first-order chi connectivity index (χ1) is 6.77. The van der Waals surface area contributed by atoms with Crippen molar-refractivity contribution in [3.8, 4) is 0 Å². The maximum Gasteiger partial charge on any atom is 0.133 e. The summed E-state index contributed by atoms with van der Waals surface area (Å²) >= 11 is 11.8. The number of hydrogen-bond donors (Lipinski definition) is 1. The zero-order valence-electron chi connectivity index (χ0n) is 7.46. The minimum Gasteiger partial charge on any atom is -0.378 e. The molecule has 1 saturated heterocycles. The van der Waals surface area contributed by atoms with E-state index in [2.05, 4.69) is 10.3 Å². The molecule has 0 amide bonds. The van der Waals surface area contributed by atoms with Crippen molar-refractivity contribution in [3.63, 3.8) is 0 Å². The van der Waals surface area contributed by atoms with Crippen LogP contribution < -0.4 is 5.32 Å². The predicted molar refractivity (Wildman–Crippen MR) is 55.8 cm³/mol. The molecule has 76 valence electrons. The highest BCUT2D eigenvalue weighted by Crippen LogP contribution is 2.25. The monoisotopic (exact) mass is 232 g/mol. The number of ether oxygens (including phenoxy) is 1. The van der Waals surface area contributed by atoms with Crippen molar-refractivity contribution in [2.24, 2.45) is 0 Å². The second-order valence-corrected chi connectivity index (χ2v) is 3.91. The SMILES string of the molecule is Clc1cnc(Cl)c([C@H]2COCCN2)c1. The Morgan fingerprint density at radius 2 is 2.36 bits per heavy atom. The van der Waals surface area contributed by atoms with Crippen molar-refractivity contribution < 1.29 is 4.74 Å². The molecule has 2 rings (SSSR count). The second-order valence-electron chi connectivity index (χ2n) is 3.12. The number of halogens is 2.